The monoisotopic (exact) mass is 257 g/mol. The molecule has 2 saturated heterocycles. The Morgan fingerprint density at radius 2 is 2.00 bits per heavy atom. The van der Waals surface area contributed by atoms with E-state index >= 15 is 0 Å². The van der Waals surface area contributed by atoms with Crippen molar-refractivity contribution in [1.82, 2.24) is 14.6 Å². The highest BCUT2D eigenvalue weighted by atomic mass is 15.3. The number of anilines is 1. The van der Waals surface area contributed by atoms with Crippen LogP contribution in [0.1, 0.15) is 31.4 Å². The van der Waals surface area contributed by atoms with Gasteiger partial charge in [-0.15, -0.1) is 0 Å². The maximum Gasteiger partial charge on any atom is 0.155 e. The molecule has 4 rings (SSSR count). The standard InChI is InChI=1S/C14H19N5/c1-9-6-13-14(16-4-5-18(13)17-9)19-11-2-3-12(19)8-10(15)7-11/h4-6,10-12H,2-3,7-8,15H2,1H3. The maximum atomic E-state index is 6.15. The SMILES string of the molecule is Cc1cc2c(N3C4CCC3CC(N)C4)nccn2n1. The summed E-state index contributed by atoms with van der Waals surface area (Å²) >= 11 is 0. The molecule has 2 N–H and O–H groups in total. The van der Waals surface area contributed by atoms with E-state index in [1.165, 1.54) is 12.8 Å². The van der Waals surface area contributed by atoms with Gasteiger partial charge in [0.1, 0.15) is 5.52 Å². The largest absolute Gasteiger partial charge is 0.349 e. The lowest BCUT2D eigenvalue weighted by atomic mass is 9.98. The minimum Gasteiger partial charge on any atom is -0.349 e. The zero-order valence-corrected chi connectivity index (χ0v) is 11.2. The van der Waals surface area contributed by atoms with Gasteiger partial charge in [-0.2, -0.15) is 5.10 Å². The molecule has 2 bridgehead atoms. The molecule has 5 nitrogen and oxygen atoms in total. The van der Waals surface area contributed by atoms with Gasteiger partial charge in [0.05, 0.1) is 5.69 Å². The zero-order valence-electron chi connectivity index (χ0n) is 11.2. The first-order chi connectivity index (χ1) is 9.22. The van der Waals surface area contributed by atoms with Crippen LogP contribution < -0.4 is 10.6 Å². The van der Waals surface area contributed by atoms with E-state index in [9.17, 15) is 0 Å². The molecule has 0 saturated carbocycles. The summed E-state index contributed by atoms with van der Waals surface area (Å²) in [7, 11) is 0. The lowest BCUT2D eigenvalue weighted by Crippen LogP contribution is -2.48. The lowest BCUT2D eigenvalue weighted by Gasteiger charge is -2.38. The first-order valence-electron chi connectivity index (χ1n) is 7.07. The molecule has 2 aliphatic rings. The zero-order chi connectivity index (χ0) is 13.0. The minimum atomic E-state index is 0.361. The highest BCUT2D eigenvalue weighted by molar-refractivity contribution is 5.70. The quantitative estimate of drug-likeness (QED) is 0.841. The van der Waals surface area contributed by atoms with Crippen molar-refractivity contribution >= 4 is 11.3 Å². The molecule has 2 aromatic rings. The van der Waals surface area contributed by atoms with Crippen molar-refractivity contribution in [2.45, 2.75) is 50.7 Å². The number of piperidine rings is 1. The summed E-state index contributed by atoms with van der Waals surface area (Å²) in [6.45, 7) is 2.03. The number of aryl methyl sites for hydroxylation is 1. The summed E-state index contributed by atoms with van der Waals surface area (Å²) < 4.78 is 1.94. The van der Waals surface area contributed by atoms with Crippen molar-refractivity contribution < 1.29 is 0 Å². The van der Waals surface area contributed by atoms with Crippen LogP contribution in [-0.4, -0.2) is 32.7 Å². The van der Waals surface area contributed by atoms with E-state index < -0.39 is 0 Å². The van der Waals surface area contributed by atoms with Gasteiger partial charge >= 0.3 is 0 Å². The smallest absolute Gasteiger partial charge is 0.155 e. The van der Waals surface area contributed by atoms with Crippen LogP contribution in [0, 0.1) is 6.92 Å². The molecule has 2 atom stereocenters. The normalized spacial score (nSPS) is 30.2. The summed E-state index contributed by atoms with van der Waals surface area (Å²) in [6.07, 6.45) is 8.44. The summed E-state index contributed by atoms with van der Waals surface area (Å²) in [5.74, 6) is 1.09. The van der Waals surface area contributed by atoms with E-state index in [0.717, 1.165) is 29.9 Å². The van der Waals surface area contributed by atoms with E-state index in [1.807, 2.05) is 23.8 Å². The third kappa shape index (κ3) is 1.64. The van der Waals surface area contributed by atoms with Gasteiger partial charge < -0.3 is 10.6 Å². The highest BCUT2D eigenvalue weighted by Crippen LogP contribution is 2.39. The number of rotatable bonds is 1. The fourth-order valence-electron chi connectivity index (χ4n) is 3.79. The van der Waals surface area contributed by atoms with Gasteiger partial charge in [0.25, 0.3) is 0 Å². The second kappa shape index (κ2) is 3.93. The van der Waals surface area contributed by atoms with Crippen molar-refractivity contribution in [2.75, 3.05) is 4.90 Å². The van der Waals surface area contributed by atoms with Crippen molar-refractivity contribution in [3.8, 4) is 0 Å². The van der Waals surface area contributed by atoms with Gasteiger partial charge in [-0.3, -0.25) is 0 Å². The molecule has 19 heavy (non-hydrogen) atoms. The van der Waals surface area contributed by atoms with E-state index in [-0.39, 0.29) is 0 Å². The predicted molar refractivity (Wildman–Crippen MR) is 74.2 cm³/mol. The highest BCUT2D eigenvalue weighted by Gasteiger charge is 2.40. The van der Waals surface area contributed by atoms with Crippen LogP contribution in [0.25, 0.3) is 5.52 Å². The summed E-state index contributed by atoms with van der Waals surface area (Å²) in [5.41, 5.74) is 8.30. The molecule has 2 aromatic heterocycles. The molecule has 0 spiro atoms. The second-order valence-electron chi connectivity index (χ2n) is 5.89. The minimum absolute atomic E-state index is 0.361. The third-order valence-corrected chi connectivity index (χ3v) is 4.51. The van der Waals surface area contributed by atoms with E-state index in [4.69, 9.17) is 5.73 Å². The van der Waals surface area contributed by atoms with Crippen LogP contribution in [0.3, 0.4) is 0 Å². The van der Waals surface area contributed by atoms with Gasteiger partial charge in [0, 0.05) is 30.5 Å². The van der Waals surface area contributed by atoms with Crippen LogP contribution in [0.15, 0.2) is 18.5 Å². The summed E-state index contributed by atoms with van der Waals surface area (Å²) in [4.78, 5) is 7.13. The van der Waals surface area contributed by atoms with Gasteiger partial charge in [-0.25, -0.2) is 9.50 Å². The Kier molecular flexibility index (Phi) is 2.33. The first kappa shape index (κ1) is 11.2. The van der Waals surface area contributed by atoms with E-state index in [1.54, 1.807) is 0 Å². The molecule has 0 aromatic carbocycles. The third-order valence-electron chi connectivity index (χ3n) is 4.51. The number of nitrogens with two attached hydrogens (primary N) is 1. The van der Waals surface area contributed by atoms with Crippen molar-refractivity contribution in [3.63, 3.8) is 0 Å². The average molecular weight is 257 g/mol. The molecule has 2 fully saturated rings. The Bertz CT molecular complexity index is 605. The summed E-state index contributed by atoms with van der Waals surface area (Å²) in [6, 6.07) is 3.60. The van der Waals surface area contributed by atoms with Gasteiger partial charge in [0.2, 0.25) is 0 Å². The summed E-state index contributed by atoms with van der Waals surface area (Å²) in [5, 5.41) is 4.48. The number of hydrogen-bond donors (Lipinski definition) is 1. The molecule has 4 heterocycles. The molecular weight excluding hydrogens is 238 g/mol. The predicted octanol–water partition coefficient (Wildman–Crippen LogP) is 1.50. The molecule has 100 valence electrons. The fraction of sp³-hybridized carbons (Fsp3) is 0.571. The molecule has 5 heteroatoms. The van der Waals surface area contributed by atoms with Gasteiger partial charge in [-0.1, -0.05) is 0 Å². The van der Waals surface area contributed by atoms with Crippen LogP contribution in [0.5, 0.6) is 0 Å². The second-order valence-corrected chi connectivity index (χ2v) is 5.89. The van der Waals surface area contributed by atoms with Crippen LogP contribution in [0.4, 0.5) is 5.82 Å². The lowest BCUT2D eigenvalue weighted by molar-refractivity contribution is 0.412. The Balaban J connectivity index is 1.82. The average Bonchev–Trinajstić information content (AvgIpc) is 2.87. The van der Waals surface area contributed by atoms with E-state index in [2.05, 4.69) is 21.0 Å². The Labute approximate surface area is 112 Å². The van der Waals surface area contributed by atoms with Gasteiger partial charge in [-0.05, 0) is 38.7 Å². The Hall–Kier alpha value is -1.62. The van der Waals surface area contributed by atoms with Gasteiger partial charge in [0.15, 0.2) is 5.82 Å². The van der Waals surface area contributed by atoms with Crippen LogP contribution >= 0.6 is 0 Å². The molecule has 2 unspecified atom stereocenters. The van der Waals surface area contributed by atoms with Crippen molar-refractivity contribution in [3.05, 3.63) is 24.2 Å². The number of aromatic nitrogens is 3. The number of nitrogens with zero attached hydrogens (tertiary/aromatic N) is 4. The van der Waals surface area contributed by atoms with Crippen LogP contribution in [0.2, 0.25) is 0 Å². The number of hydrogen-bond acceptors (Lipinski definition) is 4. The molecule has 0 radical (unpaired) electrons. The fourth-order valence-corrected chi connectivity index (χ4v) is 3.79. The number of fused-ring (bicyclic) bond motifs is 3. The van der Waals surface area contributed by atoms with Crippen molar-refractivity contribution in [2.24, 2.45) is 5.73 Å². The Morgan fingerprint density at radius 1 is 1.26 bits per heavy atom. The molecular formula is C14H19N5. The molecule has 0 aliphatic carbocycles. The van der Waals surface area contributed by atoms with Crippen molar-refractivity contribution in [1.29, 1.82) is 0 Å². The molecule has 2 aliphatic heterocycles. The maximum absolute atomic E-state index is 6.15. The van der Waals surface area contributed by atoms with Crippen LogP contribution in [-0.2, 0) is 0 Å². The first-order valence-corrected chi connectivity index (χ1v) is 7.07. The topological polar surface area (TPSA) is 59.5 Å². The van der Waals surface area contributed by atoms with E-state index in [0.29, 0.717) is 18.1 Å². The molecule has 0 amide bonds. The Morgan fingerprint density at radius 3 is 2.74 bits per heavy atom.